The number of nitrogens with zero attached hydrogens (tertiary/aromatic N) is 1. The number of ether oxygens (including phenoxy) is 1. The van der Waals surface area contributed by atoms with Crippen molar-refractivity contribution < 1.29 is 36.4 Å². The molecule has 0 fully saturated rings. The largest absolute Gasteiger partial charge is 0.452 e. The number of carbonyl (C=O) groups is 2. The van der Waals surface area contributed by atoms with E-state index in [-0.39, 0.29) is 16.1 Å². The van der Waals surface area contributed by atoms with Gasteiger partial charge in [0.2, 0.25) is 0 Å². The van der Waals surface area contributed by atoms with Gasteiger partial charge >= 0.3 is 5.97 Å². The summed E-state index contributed by atoms with van der Waals surface area (Å²) in [6, 6.07) is 11.9. The van der Waals surface area contributed by atoms with Crippen LogP contribution >= 0.6 is 0 Å². The molecule has 1 amide bonds. The summed E-state index contributed by atoms with van der Waals surface area (Å²) in [6.07, 6.45) is 0. The zero-order chi connectivity index (χ0) is 24.9. The number of nitro groups is 1. The number of carbonyl (C=O) groups excluding carboxylic acids is 2. The molecule has 0 atom stereocenters. The molecule has 0 heterocycles. The van der Waals surface area contributed by atoms with Crippen molar-refractivity contribution in [3.63, 3.8) is 0 Å². The van der Waals surface area contributed by atoms with Crippen LogP contribution in [0.15, 0.2) is 71.6 Å². The fraction of sp³-hybridized carbons (Fsp3) is 0.0476. The quantitative estimate of drug-likeness (QED) is 0.279. The van der Waals surface area contributed by atoms with Gasteiger partial charge in [-0.2, -0.15) is 0 Å². The Hall–Kier alpha value is -4.39. The van der Waals surface area contributed by atoms with Crippen molar-refractivity contribution in [1.29, 1.82) is 0 Å². The molecule has 0 spiro atoms. The summed E-state index contributed by atoms with van der Waals surface area (Å²) < 4.78 is 59.0. The van der Waals surface area contributed by atoms with Crippen LogP contribution < -0.4 is 10.0 Å². The van der Waals surface area contributed by atoms with E-state index in [1.54, 1.807) is 0 Å². The van der Waals surface area contributed by atoms with Gasteiger partial charge in [-0.05, 0) is 42.5 Å². The normalized spacial score (nSPS) is 10.9. The van der Waals surface area contributed by atoms with Crippen LogP contribution in [0.4, 0.5) is 25.8 Å². The van der Waals surface area contributed by atoms with Gasteiger partial charge in [0.15, 0.2) is 6.61 Å². The number of halogens is 2. The van der Waals surface area contributed by atoms with Gasteiger partial charge in [-0.3, -0.25) is 19.6 Å². The number of esters is 1. The van der Waals surface area contributed by atoms with E-state index in [4.69, 9.17) is 4.74 Å². The van der Waals surface area contributed by atoms with Crippen LogP contribution in [-0.4, -0.2) is 31.8 Å². The highest BCUT2D eigenvalue weighted by molar-refractivity contribution is 7.92. The second kappa shape index (κ2) is 10.0. The standard InChI is InChI=1S/C21H15F2N3O7S/c22-13-5-8-15(9-6-13)34(31,32)25-18-4-2-1-3-16(18)21(28)33-12-20(27)24-19-11-14(26(29)30)7-10-17(19)23/h1-11,25H,12H2,(H,24,27). The number of anilines is 2. The molecule has 0 unspecified atom stereocenters. The van der Waals surface area contributed by atoms with Gasteiger partial charge in [-0.15, -0.1) is 0 Å². The molecule has 0 saturated carbocycles. The molecule has 13 heteroatoms. The molecular formula is C21H15F2N3O7S. The highest BCUT2D eigenvalue weighted by Crippen LogP contribution is 2.23. The van der Waals surface area contributed by atoms with Crippen molar-refractivity contribution in [2.24, 2.45) is 0 Å². The first kappa shape index (κ1) is 24.3. The molecule has 3 aromatic rings. The minimum Gasteiger partial charge on any atom is -0.452 e. The summed E-state index contributed by atoms with van der Waals surface area (Å²) in [7, 11) is -4.17. The number of hydrogen-bond acceptors (Lipinski definition) is 7. The summed E-state index contributed by atoms with van der Waals surface area (Å²) in [5, 5.41) is 12.8. The molecular weight excluding hydrogens is 476 g/mol. The first-order valence-electron chi connectivity index (χ1n) is 9.35. The molecule has 2 N–H and O–H groups in total. The Morgan fingerprint density at radius 1 is 0.971 bits per heavy atom. The molecule has 0 saturated heterocycles. The number of nitrogens with one attached hydrogen (secondary N) is 2. The van der Waals surface area contributed by atoms with Gasteiger partial charge in [-0.1, -0.05) is 12.1 Å². The zero-order valence-corrected chi connectivity index (χ0v) is 17.8. The predicted molar refractivity (Wildman–Crippen MR) is 116 cm³/mol. The molecule has 3 rings (SSSR count). The lowest BCUT2D eigenvalue weighted by Crippen LogP contribution is -2.22. The SMILES string of the molecule is O=C(COC(=O)c1ccccc1NS(=O)(=O)c1ccc(F)cc1)Nc1cc([N+](=O)[O-])ccc1F. The van der Waals surface area contributed by atoms with Crippen LogP contribution in [0.1, 0.15) is 10.4 Å². The summed E-state index contributed by atoms with van der Waals surface area (Å²) in [5.41, 5.74) is -1.34. The number of sulfonamides is 1. The minimum atomic E-state index is -4.17. The van der Waals surface area contributed by atoms with Gasteiger partial charge in [0, 0.05) is 12.1 Å². The van der Waals surface area contributed by atoms with Crippen molar-refractivity contribution >= 4 is 39.0 Å². The average molecular weight is 491 g/mol. The number of amides is 1. The lowest BCUT2D eigenvalue weighted by Gasteiger charge is -2.12. The molecule has 0 aliphatic rings. The third-order valence-corrected chi connectivity index (χ3v) is 5.67. The van der Waals surface area contributed by atoms with Crippen LogP contribution in [0.2, 0.25) is 0 Å². The third-order valence-electron chi connectivity index (χ3n) is 4.28. The molecule has 3 aromatic carbocycles. The maximum atomic E-state index is 13.8. The molecule has 0 bridgehead atoms. The molecule has 34 heavy (non-hydrogen) atoms. The van der Waals surface area contributed by atoms with E-state index >= 15 is 0 Å². The third kappa shape index (κ3) is 5.89. The van der Waals surface area contributed by atoms with Gasteiger partial charge in [0.25, 0.3) is 21.6 Å². The van der Waals surface area contributed by atoms with Crippen molar-refractivity contribution in [2.75, 3.05) is 16.6 Å². The topological polar surface area (TPSA) is 145 Å². The number of non-ortho nitro benzene ring substituents is 1. The van der Waals surface area contributed by atoms with Crippen molar-refractivity contribution in [3.05, 3.63) is 94.0 Å². The Labute approximate surface area is 191 Å². The van der Waals surface area contributed by atoms with Crippen molar-refractivity contribution in [3.8, 4) is 0 Å². The Kier molecular flexibility index (Phi) is 7.16. The Balaban J connectivity index is 1.69. The Morgan fingerprint density at radius 3 is 2.32 bits per heavy atom. The maximum Gasteiger partial charge on any atom is 0.340 e. The van der Waals surface area contributed by atoms with Crippen LogP contribution in [0, 0.1) is 21.7 Å². The average Bonchev–Trinajstić information content (AvgIpc) is 2.79. The minimum absolute atomic E-state index is 0.165. The Morgan fingerprint density at radius 2 is 1.65 bits per heavy atom. The molecule has 176 valence electrons. The summed E-state index contributed by atoms with van der Waals surface area (Å²) in [6.45, 7) is -0.889. The summed E-state index contributed by atoms with van der Waals surface area (Å²) in [4.78, 5) is 34.3. The smallest absolute Gasteiger partial charge is 0.340 e. The monoisotopic (exact) mass is 491 g/mol. The lowest BCUT2D eigenvalue weighted by atomic mass is 10.2. The number of rotatable bonds is 8. The molecule has 10 nitrogen and oxygen atoms in total. The van der Waals surface area contributed by atoms with Gasteiger partial charge in [0.05, 0.1) is 26.8 Å². The van der Waals surface area contributed by atoms with E-state index in [0.717, 1.165) is 42.5 Å². The van der Waals surface area contributed by atoms with E-state index in [0.29, 0.717) is 0 Å². The number of benzene rings is 3. The lowest BCUT2D eigenvalue weighted by molar-refractivity contribution is -0.384. The van der Waals surface area contributed by atoms with Crippen LogP contribution in [0.5, 0.6) is 0 Å². The fourth-order valence-corrected chi connectivity index (χ4v) is 3.77. The van der Waals surface area contributed by atoms with Crippen molar-refractivity contribution in [1.82, 2.24) is 0 Å². The maximum absolute atomic E-state index is 13.8. The Bertz CT molecular complexity index is 1360. The van der Waals surface area contributed by atoms with Gasteiger partial charge in [0.1, 0.15) is 11.6 Å². The van der Waals surface area contributed by atoms with E-state index < -0.39 is 56.4 Å². The summed E-state index contributed by atoms with van der Waals surface area (Å²) in [5.74, 6) is -3.64. The van der Waals surface area contributed by atoms with Crippen LogP contribution in [-0.2, 0) is 19.6 Å². The number of nitro benzene ring substituents is 1. The zero-order valence-electron chi connectivity index (χ0n) is 17.0. The summed E-state index contributed by atoms with van der Waals surface area (Å²) >= 11 is 0. The molecule has 0 radical (unpaired) electrons. The predicted octanol–water partition coefficient (Wildman–Crippen LogP) is 3.47. The fourth-order valence-electron chi connectivity index (χ4n) is 2.69. The van der Waals surface area contributed by atoms with E-state index in [2.05, 4.69) is 10.0 Å². The number of hydrogen-bond donors (Lipinski definition) is 2. The van der Waals surface area contributed by atoms with E-state index in [9.17, 15) is 36.9 Å². The van der Waals surface area contributed by atoms with Crippen LogP contribution in [0.3, 0.4) is 0 Å². The van der Waals surface area contributed by atoms with E-state index in [1.807, 2.05) is 0 Å². The molecule has 0 aliphatic carbocycles. The first-order chi connectivity index (χ1) is 16.1. The van der Waals surface area contributed by atoms with E-state index in [1.165, 1.54) is 24.3 Å². The molecule has 0 aromatic heterocycles. The second-order valence-corrected chi connectivity index (χ2v) is 8.33. The van der Waals surface area contributed by atoms with Gasteiger partial charge < -0.3 is 10.1 Å². The number of para-hydroxylation sites is 1. The second-order valence-electron chi connectivity index (χ2n) is 6.65. The highest BCUT2D eigenvalue weighted by atomic mass is 32.2. The highest BCUT2D eigenvalue weighted by Gasteiger charge is 2.21. The first-order valence-corrected chi connectivity index (χ1v) is 10.8. The van der Waals surface area contributed by atoms with Crippen LogP contribution in [0.25, 0.3) is 0 Å². The molecule has 0 aliphatic heterocycles. The van der Waals surface area contributed by atoms with Gasteiger partial charge in [-0.25, -0.2) is 22.0 Å². The van der Waals surface area contributed by atoms with Crippen molar-refractivity contribution in [2.45, 2.75) is 4.90 Å².